The molecule has 0 spiro atoms. The molecule has 0 radical (unpaired) electrons. The Labute approximate surface area is 140 Å². The molecule has 1 saturated heterocycles. The van der Waals surface area contributed by atoms with Gasteiger partial charge in [-0.15, -0.1) is 0 Å². The van der Waals surface area contributed by atoms with Crippen LogP contribution in [-0.4, -0.2) is 24.1 Å². The van der Waals surface area contributed by atoms with Gasteiger partial charge in [-0.1, -0.05) is 30.3 Å². The minimum Gasteiger partial charge on any atom is -0.378 e. The van der Waals surface area contributed by atoms with E-state index >= 15 is 0 Å². The topological polar surface area (TPSA) is 52.6 Å². The Morgan fingerprint density at radius 3 is 2.50 bits per heavy atom. The van der Waals surface area contributed by atoms with Crippen molar-refractivity contribution >= 4 is 17.3 Å². The molecule has 2 aromatic rings. The van der Waals surface area contributed by atoms with Crippen LogP contribution in [0.15, 0.2) is 48.5 Å². The van der Waals surface area contributed by atoms with Crippen molar-refractivity contribution in [1.29, 1.82) is 0 Å². The molecule has 4 nitrogen and oxygen atoms in total. The number of hydrogen-bond acceptors (Lipinski definition) is 3. The standard InChI is InChI=1S/C19H21FN2O2/c20-15-9-10-17(22-11-5-2-6-12-22)16(13-15)21-19(24)18(23)14-7-3-1-4-8-14/h1,3-4,7-10,13,18,23H,2,5-6,11-12H2,(H,21,24). The molecule has 1 aliphatic heterocycles. The Bertz CT molecular complexity index is 700. The molecule has 5 heteroatoms. The van der Waals surface area contributed by atoms with Crippen LogP contribution >= 0.6 is 0 Å². The molecular formula is C19H21FN2O2. The Hall–Kier alpha value is -2.40. The van der Waals surface area contributed by atoms with Gasteiger partial charge in [0.05, 0.1) is 11.4 Å². The average Bonchev–Trinajstić information content (AvgIpc) is 2.62. The largest absolute Gasteiger partial charge is 0.378 e. The lowest BCUT2D eigenvalue weighted by molar-refractivity contribution is -0.124. The van der Waals surface area contributed by atoms with Gasteiger partial charge in [-0.25, -0.2) is 4.39 Å². The predicted octanol–water partition coefficient (Wildman–Crippen LogP) is 3.49. The third-order valence-electron chi connectivity index (χ3n) is 4.28. The first-order valence-electron chi connectivity index (χ1n) is 8.23. The number of aliphatic hydroxyl groups excluding tert-OH is 1. The van der Waals surface area contributed by atoms with Crippen molar-refractivity contribution in [3.8, 4) is 0 Å². The van der Waals surface area contributed by atoms with E-state index in [4.69, 9.17) is 0 Å². The minimum atomic E-state index is -1.29. The number of anilines is 2. The zero-order chi connectivity index (χ0) is 16.9. The summed E-state index contributed by atoms with van der Waals surface area (Å²) in [6.45, 7) is 1.77. The Kier molecular flexibility index (Phi) is 5.11. The Morgan fingerprint density at radius 1 is 1.08 bits per heavy atom. The van der Waals surface area contributed by atoms with E-state index in [1.807, 2.05) is 6.07 Å². The van der Waals surface area contributed by atoms with Crippen molar-refractivity contribution in [2.45, 2.75) is 25.4 Å². The van der Waals surface area contributed by atoms with E-state index in [1.165, 1.54) is 18.6 Å². The fraction of sp³-hybridized carbons (Fsp3) is 0.316. The van der Waals surface area contributed by atoms with Gasteiger partial charge in [-0.05, 0) is 43.0 Å². The van der Waals surface area contributed by atoms with Crippen molar-refractivity contribution in [1.82, 2.24) is 0 Å². The van der Waals surface area contributed by atoms with Gasteiger partial charge in [0.2, 0.25) is 0 Å². The molecule has 0 aliphatic carbocycles. The summed E-state index contributed by atoms with van der Waals surface area (Å²) in [6, 6.07) is 13.1. The molecule has 1 amide bonds. The lowest BCUT2D eigenvalue weighted by Crippen LogP contribution is -2.31. The Balaban J connectivity index is 1.80. The van der Waals surface area contributed by atoms with Crippen LogP contribution in [0.25, 0.3) is 0 Å². The van der Waals surface area contributed by atoms with E-state index in [0.29, 0.717) is 11.3 Å². The number of benzene rings is 2. The molecule has 2 aromatic carbocycles. The lowest BCUT2D eigenvalue weighted by Gasteiger charge is -2.30. The van der Waals surface area contributed by atoms with Gasteiger partial charge in [0.15, 0.2) is 6.10 Å². The molecule has 1 heterocycles. The first-order chi connectivity index (χ1) is 11.6. The van der Waals surface area contributed by atoms with Gasteiger partial charge in [0, 0.05) is 13.1 Å². The van der Waals surface area contributed by atoms with Crippen LogP contribution in [-0.2, 0) is 4.79 Å². The summed E-state index contributed by atoms with van der Waals surface area (Å²) in [4.78, 5) is 14.5. The summed E-state index contributed by atoms with van der Waals surface area (Å²) in [6.07, 6.45) is 2.06. The molecule has 0 aromatic heterocycles. The summed E-state index contributed by atoms with van der Waals surface area (Å²) >= 11 is 0. The van der Waals surface area contributed by atoms with E-state index in [0.717, 1.165) is 31.6 Å². The molecule has 1 aliphatic rings. The van der Waals surface area contributed by atoms with Gasteiger partial charge in [-0.3, -0.25) is 4.79 Å². The molecule has 24 heavy (non-hydrogen) atoms. The second-order valence-electron chi connectivity index (χ2n) is 6.01. The van der Waals surface area contributed by atoms with Crippen LogP contribution < -0.4 is 10.2 Å². The summed E-state index contributed by atoms with van der Waals surface area (Å²) in [5, 5.41) is 12.9. The SMILES string of the molecule is O=C(Nc1cc(F)ccc1N1CCCCC1)C(O)c1ccccc1. The van der Waals surface area contributed by atoms with E-state index in [1.54, 1.807) is 30.3 Å². The summed E-state index contributed by atoms with van der Waals surface area (Å²) in [5.41, 5.74) is 1.70. The van der Waals surface area contributed by atoms with Gasteiger partial charge < -0.3 is 15.3 Å². The molecule has 1 unspecified atom stereocenters. The van der Waals surface area contributed by atoms with Crippen LogP contribution in [0.5, 0.6) is 0 Å². The van der Waals surface area contributed by atoms with Crippen LogP contribution in [0, 0.1) is 5.82 Å². The number of halogens is 1. The molecule has 0 saturated carbocycles. The van der Waals surface area contributed by atoms with Gasteiger partial charge in [-0.2, -0.15) is 0 Å². The second-order valence-corrected chi connectivity index (χ2v) is 6.01. The van der Waals surface area contributed by atoms with Crippen LogP contribution in [0.3, 0.4) is 0 Å². The molecule has 0 bridgehead atoms. The smallest absolute Gasteiger partial charge is 0.257 e. The highest BCUT2D eigenvalue weighted by Crippen LogP contribution is 2.30. The number of carbonyl (C=O) groups excluding carboxylic acids is 1. The second kappa shape index (κ2) is 7.45. The summed E-state index contributed by atoms with van der Waals surface area (Å²) in [7, 11) is 0. The van der Waals surface area contributed by atoms with Crippen molar-refractivity contribution in [2.24, 2.45) is 0 Å². The van der Waals surface area contributed by atoms with E-state index in [-0.39, 0.29) is 0 Å². The average molecular weight is 328 g/mol. The highest BCUT2D eigenvalue weighted by Gasteiger charge is 2.21. The lowest BCUT2D eigenvalue weighted by atomic mass is 10.1. The predicted molar refractivity (Wildman–Crippen MR) is 92.5 cm³/mol. The fourth-order valence-electron chi connectivity index (χ4n) is 3.01. The van der Waals surface area contributed by atoms with Gasteiger partial charge >= 0.3 is 0 Å². The van der Waals surface area contributed by atoms with Gasteiger partial charge in [0.1, 0.15) is 5.82 Å². The first kappa shape index (κ1) is 16.5. The maximum Gasteiger partial charge on any atom is 0.257 e. The molecule has 1 atom stereocenters. The number of hydrogen-bond donors (Lipinski definition) is 2. The van der Waals surface area contributed by atoms with Crippen molar-refractivity contribution in [3.05, 3.63) is 59.9 Å². The van der Waals surface area contributed by atoms with Crippen molar-refractivity contribution in [3.63, 3.8) is 0 Å². The Morgan fingerprint density at radius 2 is 1.79 bits per heavy atom. The highest BCUT2D eigenvalue weighted by atomic mass is 19.1. The van der Waals surface area contributed by atoms with Crippen molar-refractivity contribution in [2.75, 3.05) is 23.3 Å². The summed E-state index contributed by atoms with van der Waals surface area (Å²) in [5.74, 6) is -0.981. The van der Waals surface area contributed by atoms with E-state index in [9.17, 15) is 14.3 Å². The third-order valence-corrected chi connectivity index (χ3v) is 4.28. The quantitative estimate of drug-likeness (QED) is 0.903. The van der Waals surface area contributed by atoms with Gasteiger partial charge in [0.25, 0.3) is 5.91 Å². The number of nitrogens with zero attached hydrogens (tertiary/aromatic N) is 1. The van der Waals surface area contributed by atoms with E-state index in [2.05, 4.69) is 10.2 Å². The number of aliphatic hydroxyl groups is 1. The zero-order valence-electron chi connectivity index (χ0n) is 13.4. The molecule has 3 rings (SSSR count). The minimum absolute atomic E-state index is 0.400. The van der Waals surface area contributed by atoms with E-state index < -0.39 is 17.8 Å². The normalized spacial score (nSPS) is 15.8. The van der Waals surface area contributed by atoms with Crippen LogP contribution in [0.1, 0.15) is 30.9 Å². The summed E-state index contributed by atoms with van der Waals surface area (Å²) < 4.78 is 13.7. The first-order valence-corrected chi connectivity index (χ1v) is 8.23. The maximum absolute atomic E-state index is 13.7. The number of piperidine rings is 1. The number of amides is 1. The third kappa shape index (κ3) is 3.74. The molecule has 1 fully saturated rings. The van der Waals surface area contributed by atoms with Crippen molar-refractivity contribution < 1.29 is 14.3 Å². The molecular weight excluding hydrogens is 307 g/mol. The fourth-order valence-corrected chi connectivity index (χ4v) is 3.01. The number of carbonyl (C=O) groups is 1. The zero-order valence-corrected chi connectivity index (χ0v) is 13.4. The maximum atomic E-state index is 13.7. The number of rotatable bonds is 4. The highest BCUT2D eigenvalue weighted by molar-refractivity contribution is 5.97. The molecule has 126 valence electrons. The monoisotopic (exact) mass is 328 g/mol. The number of nitrogens with one attached hydrogen (secondary N) is 1. The van der Waals surface area contributed by atoms with Crippen LogP contribution in [0.2, 0.25) is 0 Å². The van der Waals surface area contributed by atoms with Crippen LogP contribution in [0.4, 0.5) is 15.8 Å². The molecule has 2 N–H and O–H groups in total.